The number of aliphatic hydroxyl groups is 2. The number of alkyl halides is 3. The molecule has 2 aromatic rings. The van der Waals surface area contributed by atoms with Crippen LogP contribution in [-0.4, -0.2) is 57.6 Å². The van der Waals surface area contributed by atoms with Gasteiger partial charge in [-0.2, -0.15) is 18.2 Å². The smallest absolute Gasteiger partial charge is 0.433 e. The Morgan fingerprint density at radius 1 is 1.38 bits per heavy atom. The van der Waals surface area contributed by atoms with E-state index in [1.54, 1.807) is 0 Å². The third kappa shape index (κ3) is 6.70. The molecular formula is C22H28F3N5O4. The lowest BCUT2D eigenvalue weighted by Crippen LogP contribution is -2.25. The summed E-state index contributed by atoms with van der Waals surface area (Å²) >= 11 is 0. The van der Waals surface area contributed by atoms with Gasteiger partial charge >= 0.3 is 6.18 Å². The van der Waals surface area contributed by atoms with E-state index in [1.165, 1.54) is 6.07 Å². The Labute approximate surface area is 194 Å². The molecule has 2 heterocycles. The Morgan fingerprint density at radius 2 is 2.18 bits per heavy atom. The molecule has 2 atom stereocenters. The predicted octanol–water partition coefficient (Wildman–Crippen LogP) is 3.26. The molecule has 0 spiro atoms. The minimum Gasteiger partial charge on any atom is -0.507 e. The molecule has 0 amide bonds. The fraction of sp³-hybridized carbons (Fsp3) is 0.500. The van der Waals surface area contributed by atoms with Crippen LogP contribution in [0.4, 0.5) is 24.9 Å². The highest BCUT2D eigenvalue weighted by Gasteiger charge is 2.32. The van der Waals surface area contributed by atoms with E-state index >= 15 is 0 Å². The molecule has 0 aromatic carbocycles. The van der Waals surface area contributed by atoms with Crippen molar-refractivity contribution in [2.75, 3.05) is 37.0 Å². The van der Waals surface area contributed by atoms with Crippen LogP contribution in [0.1, 0.15) is 43.0 Å². The van der Waals surface area contributed by atoms with E-state index in [-0.39, 0.29) is 41.5 Å². The lowest BCUT2D eigenvalue weighted by Gasteiger charge is -2.17. The summed E-state index contributed by atoms with van der Waals surface area (Å²) in [5.74, 6) is -0.185. The number of ether oxygens (including phenoxy) is 1. The standard InChI is InChI=1S/C22H28F3N5O4/c1-2-34-8-7-27-21-29-19(28-15-4-3-14(9-15)12-31)18(20(33)30-21)16(32)10-13-5-6-26-17(11-13)22(23,24)25/h5-6,10-11,14-15,31-32H,2-4,7-9,12H2,1H3,(H3,27,28,29,30,33)/b16-10-. The second kappa shape index (κ2) is 11.3. The number of aliphatic hydroxyl groups excluding tert-OH is 2. The van der Waals surface area contributed by atoms with Crippen LogP contribution in [-0.2, 0) is 10.9 Å². The number of pyridine rings is 1. The van der Waals surface area contributed by atoms with Gasteiger partial charge in [-0.3, -0.25) is 14.8 Å². The molecule has 5 N–H and O–H groups in total. The van der Waals surface area contributed by atoms with E-state index in [2.05, 4.69) is 25.6 Å². The minimum atomic E-state index is -4.65. The zero-order valence-electron chi connectivity index (χ0n) is 18.7. The highest BCUT2D eigenvalue weighted by molar-refractivity contribution is 5.81. The first-order valence-corrected chi connectivity index (χ1v) is 11.0. The van der Waals surface area contributed by atoms with Crippen molar-refractivity contribution in [3.63, 3.8) is 0 Å². The largest absolute Gasteiger partial charge is 0.507 e. The molecule has 1 saturated carbocycles. The average Bonchev–Trinajstić information content (AvgIpc) is 3.23. The number of nitrogens with zero attached hydrogens (tertiary/aromatic N) is 2. The summed E-state index contributed by atoms with van der Waals surface area (Å²) in [6.45, 7) is 3.21. The van der Waals surface area contributed by atoms with E-state index in [9.17, 15) is 28.2 Å². The van der Waals surface area contributed by atoms with Crippen LogP contribution in [0.15, 0.2) is 23.1 Å². The zero-order chi connectivity index (χ0) is 24.7. The van der Waals surface area contributed by atoms with Gasteiger partial charge in [0.1, 0.15) is 22.8 Å². The van der Waals surface area contributed by atoms with Crippen LogP contribution in [0.3, 0.4) is 0 Å². The van der Waals surface area contributed by atoms with Crippen molar-refractivity contribution in [3.05, 3.63) is 45.5 Å². The van der Waals surface area contributed by atoms with Gasteiger partial charge in [0.25, 0.3) is 5.56 Å². The molecule has 2 aromatic heterocycles. The summed E-state index contributed by atoms with van der Waals surface area (Å²) in [6, 6.07) is 1.97. The van der Waals surface area contributed by atoms with Gasteiger partial charge in [-0.15, -0.1) is 0 Å². The summed E-state index contributed by atoms with van der Waals surface area (Å²) in [5.41, 5.74) is -1.97. The van der Waals surface area contributed by atoms with E-state index in [0.29, 0.717) is 26.2 Å². The van der Waals surface area contributed by atoms with Crippen LogP contribution >= 0.6 is 0 Å². The van der Waals surface area contributed by atoms with Gasteiger partial charge in [-0.1, -0.05) is 0 Å². The Kier molecular flexibility index (Phi) is 8.51. The first-order chi connectivity index (χ1) is 16.2. The number of rotatable bonds is 10. The summed E-state index contributed by atoms with van der Waals surface area (Å²) in [6.07, 6.45) is -0.432. The van der Waals surface area contributed by atoms with E-state index in [1.807, 2.05) is 6.92 Å². The monoisotopic (exact) mass is 483 g/mol. The van der Waals surface area contributed by atoms with Crippen LogP contribution < -0.4 is 16.2 Å². The van der Waals surface area contributed by atoms with Crippen LogP contribution in [0.25, 0.3) is 11.8 Å². The number of halogens is 3. The van der Waals surface area contributed by atoms with Crippen molar-refractivity contribution < 1.29 is 28.1 Å². The molecule has 1 fully saturated rings. The van der Waals surface area contributed by atoms with Gasteiger partial charge in [0.05, 0.1) is 6.61 Å². The maximum Gasteiger partial charge on any atom is 0.433 e. The Balaban J connectivity index is 1.94. The van der Waals surface area contributed by atoms with E-state index < -0.39 is 23.2 Å². The Bertz CT molecular complexity index is 1060. The maximum absolute atomic E-state index is 13.0. The van der Waals surface area contributed by atoms with Crippen molar-refractivity contribution in [2.24, 2.45) is 5.92 Å². The number of nitrogens with one attached hydrogen (secondary N) is 3. The van der Waals surface area contributed by atoms with Gasteiger partial charge < -0.3 is 25.6 Å². The van der Waals surface area contributed by atoms with Crippen LogP contribution in [0.2, 0.25) is 0 Å². The summed E-state index contributed by atoms with van der Waals surface area (Å²) < 4.78 is 44.2. The van der Waals surface area contributed by atoms with E-state index in [4.69, 9.17) is 4.74 Å². The van der Waals surface area contributed by atoms with Crippen molar-refractivity contribution in [1.29, 1.82) is 0 Å². The SMILES string of the molecule is CCOCCNc1nc(NC2CCC(CO)C2)c(/C(O)=C/c2ccnc(C(F)(F)F)c2)c(=O)[nH]1. The number of anilines is 2. The maximum atomic E-state index is 13.0. The fourth-order valence-corrected chi connectivity index (χ4v) is 3.77. The summed E-state index contributed by atoms with van der Waals surface area (Å²) in [4.78, 5) is 23.1. The second-order valence-corrected chi connectivity index (χ2v) is 7.97. The molecule has 186 valence electrons. The molecule has 1 aliphatic rings. The number of H-pyrrole nitrogens is 1. The molecule has 9 nitrogen and oxygen atoms in total. The molecule has 0 saturated heterocycles. The Morgan fingerprint density at radius 3 is 2.85 bits per heavy atom. The lowest BCUT2D eigenvalue weighted by molar-refractivity contribution is -0.141. The van der Waals surface area contributed by atoms with Crippen molar-refractivity contribution >= 4 is 23.6 Å². The lowest BCUT2D eigenvalue weighted by atomic mass is 10.1. The van der Waals surface area contributed by atoms with Crippen LogP contribution in [0.5, 0.6) is 0 Å². The summed E-state index contributed by atoms with van der Waals surface area (Å²) in [7, 11) is 0. The molecule has 12 heteroatoms. The molecule has 0 aliphatic heterocycles. The third-order valence-electron chi connectivity index (χ3n) is 5.44. The van der Waals surface area contributed by atoms with E-state index in [0.717, 1.165) is 31.2 Å². The van der Waals surface area contributed by atoms with Crippen molar-refractivity contribution in [1.82, 2.24) is 15.0 Å². The molecule has 34 heavy (non-hydrogen) atoms. The zero-order valence-corrected chi connectivity index (χ0v) is 18.7. The number of hydrogen-bond donors (Lipinski definition) is 5. The third-order valence-corrected chi connectivity index (χ3v) is 5.44. The quantitative estimate of drug-likeness (QED) is 0.257. The molecule has 1 aliphatic carbocycles. The van der Waals surface area contributed by atoms with Gasteiger partial charge in [0.2, 0.25) is 5.95 Å². The molecule has 0 bridgehead atoms. The number of hydrogen-bond acceptors (Lipinski definition) is 8. The predicted molar refractivity (Wildman–Crippen MR) is 121 cm³/mol. The van der Waals surface area contributed by atoms with Gasteiger partial charge in [0.15, 0.2) is 0 Å². The topological polar surface area (TPSA) is 132 Å². The average molecular weight is 483 g/mol. The van der Waals surface area contributed by atoms with Crippen molar-refractivity contribution in [3.8, 4) is 0 Å². The van der Waals surface area contributed by atoms with Gasteiger partial charge in [0, 0.05) is 32.0 Å². The Hall–Kier alpha value is -3.12. The fourth-order valence-electron chi connectivity index (χ4n) is 3.77. The van der Waals surface area contributed by atoms with Crippen molar-refractivity contribution in [2.45, 2.75) is 38.4 Å². The number of aromatic amines is 1. The first-order valence-electron chi connectivity index (χ1n) is 11.0. The molecule has 3 rings (SSSR count). The minimum absolute atomic E-state index is 0.0188. The molecule has 2 unspecified atom stereocenters. The van der Waals surface area contributed by atoms with Crippen LogP contribution in [0, 0.1) is 5.92 Å². The normalized spacial score (nSPS) is 18.8. The number of aromatic nitrogens is 3. The highest BCUT2D eigenvalue weighted by Crippen LogP contribution is 2.30. The first kappa shape index (κ1) is 25.5. The van der Waals surface area contributed by atoms with Gasteiger partial charge in [-0.05, 0) is 55.9 Å². The van der Waals surface area contributed by atoms with Gasteiger partial charge in [-0.25, -0.2) is 0 Å². The molecular weight excluding hydrogens is 455 g/mol. The molecule has 0 radical (unpaired) electrons. The summed E-state index contributed by atoms with van der Waals surface area (Å²) in [5, 5.41) is 26.2. The highest BCUT2D eigenvalue weighted by atomic mass is 19.4. The second-order valence-electron chi connectivity index (χ2n) is 7.97.